The van der Waals surface area contributed by atoms with Gasteiger partial charge in [-0.3, -0.25) is 9.48 Å². The third-order valence-electron chi connectivity index (χ3n) is 4.92. The predicted octanol–water partition coefficient (Wildman–Crippen LogP) is 0.817. The van der Waals surface area contributed by atoms with Gasteiger partial charge in [0.15, 0.2) is 0 Å². The third-order valence-corrected chi connectivity index (χ3v) is 4.92. The van der Waals surface area contributed by atoms with E-state index < -0.39 is 0 Å². The van der Waals surface area contributed by atoms with Crippen LogP contribution in [0.15, 0.2) is 0 Å². The van der Waals surface area contributed by atoms with Crippen LogP contribution in [0.4, 0.5) is 0 Å². The van der Waals surface area contributed by atoms with Gasteiger partial charge >= 0.3 is 0 Å². The van der Waals surface area contributed by atoms with Crippen LogP contribution >= 0.6 is 0 Å². The van der Waals surface area contributed by atoms with Crippen LogP contribution in [-0.4, -0.2) is 48.2 Å². The quantitative estimate of drug-likeness (QED) is 0.892. The van der Waals surface area contributed by atoms with Crippen LogP contribution in [0, 0.1) is 25.7 Å². The number of aromatic nitrogens is 2. The van der Waals surface area contributed by atoms with E-state index in [1.54, 1.807) is 11.8 Å². The molecule has 1 aliphatic carbocycles. The van der Waals surface area contributed by atoms with Gasteiger partial charge in [0.1, 0.15) is 0 Å². The van der Waals surface area contributed by atoms with Crippen molar-refractivity contribution in [3.05, 3.63) is 17.0 Å². The van der Waals surface area contributed by atoms with Gasteiger partial charge in [-0.1, -0.05) is 0 Å². The van der Waals surface area contributed by atoms with Gasteiger partial charge in [0.25, 0.3) is 5.91 Å². The molecule has 116 valence electrons. The third kappa shape index (κ3) is 2.26. The number of aryl methyl sites for hydroxylation is 2. The highest BCUT2D eigenvalue weighted by Crippen LogP contribution is 2.43. The largest absolute Gasteiger partial charge is 0.384 e. The Morgan fingerprint density at radius 1 is 1.52 bits per heavy atom. The zero-order chi connectivity index (χ0) is 15.1. The van der Waals surface area contributed by atoms with Crippen molar-refractivity contribution in [1.29, 1.82) is 0 Å². The van der Waals surface area contributed by atoms with E-state index in [9.17, 15) is 4.79 Å². The summed E-state index contributed by atoms with van der Waals surface area (Å²) in [4.78, 5) is 12.6. The molecule has 1 aliphatic heterocycles. The first-order chi connectivity index (χ1) is 10.0. The fourth-order valence-electron chi connectivity index (χ4n) is 3.76. The molecule has 2 aliphatic rings. The lowest BCUT2D eigenvalue weighted by atomic mass is 9.67. The maximum Gasteiger partial charge on any atom is 0.255 e. The standard InChI is InChI=1S/C15H23N3O3/c1-8-12(9(2)18(3)17-8)15(19)16-13-10-5-6-21-14(10)11(13)7-20-4/h10-11,13-14H,5-7H2,1-4H3,(H,16,19)/t10-,11-,13-,14-/m1/s1. The van der Waals surface area contributed by atoms with Crippen LogP contribution in [-0.2, 0) is 16.5 Å². The minimum absolute atomic E-state index is 0.0328. The number of nitrogens with one attached hydrogen (secondary N) is 1. The summed E-state index contributed by atoms with van der Waals surface area (Å²) in [6.45, 7) is 5.20. The molecule has 1 amide bonds. The van der Waals surface area contributed by atoms with Crippen molar-refractivity contribution in [2.24, 2.45) is 18.9 Å². The number of methoxy groups -OCH3 is 1. The fourth-order valence-corrected chi connectivity index (χ4v) is 3.76. The number of rotatable bonds is 4. The molecule has 1 aromatic heterocycles. The molecule has 0 aromatic carbocycles. The number of amides is 1. The molecule has 1 N–H and O–H groups in total. The van der Waals surface area contributed by atoms with Crippen LogP contribution < -0.4 is 5.32 Å². The fraction of sp³-hybridized carbons (Fsp3) is 0.733. The molecule has 0 spiro atoms. The summed E-state index contributed by atoms with van der Waals surface area (Å²) in [5.41, 5.74) is 2.36. The molecule has 0 unspecified atom stereocenters. The van der Waals surface area contributed by atoms with Gasteiger partial charge in [-0.05, 0) is 20.3 Å². The number of hydrogen-bond donors (Lipinski definition) is 1. The summed E-state index contributed by atoms with van der Waals surface area (Å²) in [5.74, 6) is 0.643. The average Bonchev–Trinajstić information content (AvgIpc) is 2.96. The number of fused-ring (bicyclic) bond motifs is 1. The molecule has 4 atom stereocenters. The number of nitrogens with zero attached hydrogens (tertiary/aromatic N) is 2. The number of carbonyl (C=O) groups is 1. The molecule has 2 fully saturated rings. The predicted molar refractivity (Wildman–Crippen MR) is 77.1 cm³/mol. The Hall–Kier alpha value is -1.40. The molecule has 3 rings (SSSR count). The minimum Gasteiger partial charge on any atom is -0.384 e. The molecular formula is C15H23N3O3. The summed E-state index contributed by atoms with van der Waals surface area (Å²) in [7, 11) is 3.55. The second-order valence-corrected chi connectivity index (χ2v) is 6.08. The molecule has 21 heavy (non-hydrogen) atoms. The molecule has 1 aromatic rings. The van der Waals surface area contributed by atoms with Crippen molar-refractivity contribution < 1.29 is 14.3 Å². The van der Waals surface area contributed by atoms with Crippen molar-refractivity contribution >= 4 is 5.91 Å². The molecule has 2 heterocycles. The Labute approximate surface area is 124 Å². The first-order valence-electron chi connectivity index (χ1n) is 7.46. The van der Waals surface area contributed by atoms with Crippen molar-refractivity contribution in [2.75, 3.05) is 20.3 Å². The maximum absolute atomic E-state index is 12.6. The highest BCUT2D eigenvalue weighted by Gasteiger charge is 2.54. The summed E-state index contributed by atoms with van der Waals surface area (Å²) in [6.07, 6.45) is 1.26. The molecular weight excluding hydrogens is 270 g/mol. The molecule has 0 radical (unpaired) electrons. The summed E-state index contributed by atoms with van der Waals surface area (Å²) >= 11 is 0. The van der Waals surface area contributed by atoms with Gasteiger partial charge < -0.3 is 14.8 Å². The van der Waals surface area contributed by atoms with Crippen LogP contribution in [0.5, 0.6) is 0 Å². The highest BCUT2D eigenvalue weighted by molar-refractivity contribution is 5.96. The van der Waals surface area contributed by atoms with E-state index in [4.69, 9.17) is 9.47 Å². The Morgan fingerprint density at radius 3 is 2.90 bits per heavy atom. The first-order valence-corrected chi connectivity index (χ1v) is 7.46. The maximum atomic E-state index is 12.6. The Balaban J connectivity index is 1.75. The normalized spacial score (nSPS) is 30.9. The van der Waals surface area contributed by atoms with Crippen molar-refractivity contribution in [3.8, 4) is 0 Å². The minimum atomic E-state index is -0.0328. The summed E-state index contributed by atoms with van der Waals surface area (Å²) in [6, 6.07) is 0.143. The number of ether oxygens (including phenoxy) is 2. The van der Waals surface area contributed by atoms with Crippen LogP contribution in [0.3, 0.4) is 0 Å². The monoisotopic (exact) mass is 293 g/mol. The lowest BCUT2D eigenvalue weighted by Gasteiger charge is -2.47. The highest BCUT2D eigenvalue weighted by atomic mass is 16.5. The number of carbonyl (C=O) groups excluding carboxylic acids is 1. The molecule has 6 nitrogen and oxygen atoms in total. The van der Waals surface area contributed by atoms with Crippen molar-refractivity contribution in [2.45, 2.75) is 32.4 Å². The van der Waals surface area contributed by atoms with Gasteiger partial charge in [-0.15, -0.1) is 0 Å². The van der Waals surface area contributed by atoms with Crippen LogP contribution in [0.2, 0.25) is 0 Å². The average molecular weight is 293 g/mol. The Bertz CT molecular complexity index is 555. The summed E-state index contributed by atoms with van der Waals surface area (Å²) < 4.78 is 12.8. The molecule has 0 bridgehead atoms. The number of hydrogen-bond acceptors (Lipinski definition) is 4. The smallest absolute Gasteiger partial charge is 0.255 e. The zero-order valence-electron chi connectivity index (χ0n) is 13.0. The first kappa shape index (κ1) is 14.5. The molecule has 6 heteroatoms. The van der Waals surface area contributed by atoms with Gasteiger partial charge in [-0.2, -0.15) is 5.10 Å². The zero-order valence-corrected chi connectivity index (χ0v) is 13.0. The van der Waals surface area contributed by atoms with E-state index in [1.165, 1.54) is 0 Å². The summed E-state index contributed by atoms with van der Waals surface area (Å²) in [5, 5.41) is 7.49. The van der Waals surface area contributed by atoms with E-state index in [0.29, 0.717) is 18.1 Å². The van der Waals surface area contributed by atoms with E-state index in [-0.39, 0.29) is 24.0 Å². The van der Waals surface area contributed by atoms with Gasteiger partial charge in [0.05, 0.1) is 24.0 Å². The Kier molecular flexibility index (Phi) is 3.75. The SMILES string of the molecule is COC[C@@H]1[C@H](NC(=O)c2c(C)nn(C)c2C)[C@H]2CCO[C@H]21. The van der Waals surface area contributed by atoms with E-state index >= 15 is 0 Å². The van der Waals surface area contributed by atoms with E-state index in [2.05, 4.69) is 10.4 Å². The molecule has 1 saturated carbocycles. The van der Waals surface area contributed by atoms with Gasteiger partial charge in [-0.25, -0.2) is 0 Å². The Morgan fingerprint density at radius 2 is 2.29 bits per heavy atom. The van der Waals surface area contributed by atoms with E-state index in [0.717, 1.165) is 24.4 Å². The van der Waals surface area contributed by atoms with Crippen LogP contribution in [0.25, 0.3) is 0 Å². The second kappa shape index (κ2) is 5.42. The van der Waals surface area contributed by atoms with Crippen molar-refractivity contribution in [3.63, 3.8) is 0 Å². The van der Waals surface area contributed by atoms with E-state index in [1.807, 2.05) is 20.9 Å². The molecule has 1 saturated heterocycles. The van der Waals surface area contributed by atoms with Crippen molar-refractivity contribution in [1.82, 2.24) is 15.1 Å². The van der Waals surface area contributed by atoms with Crippen LogP contribution in [0.1, 0.15) is 28.2 Å². The second-order valence-electron chi connectivity index (χ2n) is 6.08. The van der Waals surface area contributed by atoms with Gasteiger partial charge in [0, 0.05) is 44.3 Å². The lowest BCUT2D eigenvalue weighted by Crippen LogP contribution is -2.62. The van der Waals surface area contributed by atoms with Gasteiger partial charge in [0.2, 0.25) is 0 Å². The topological polar surface area (TPSA) is 65.4 Å². The lowest BCUT2D eigenvalue weighted by molar-refractivity contribution is -0.0809.